The Bertz CT molecular complexity index is 689. The first-order valence-electron chi connectivity index (χ1n) is 9.52. The van der Waals surface area contributed by atoms with Crippen LogP contribution in [0.2, 0.25) is 0 Å². The molecule has 162 valence electrons. The predicted octanol–water partition coefficient (Wildman–Crippen LogP) is 6.95. The highest BCUT2D eigenvalue weighted by molar-refractivity contribution is 8.14. The molecule has 0 saturated carbocycles. The molecule has 0 aliphatic rings. The van der Waals surface area contributed by atoms with E-state index in [1.807, 2.05) is 39.8 Å². The Morgan fingerprint density at radius 3 is 1.07 bits per heavy atom. The minimum absolute atomic E-state index is 0.394. The number of hydrogen-bond acceptors (Lipinski definition) is 7. The molecule has 2 aromatic carbocycles. The second kappa shape index (κ2) is 14.5. The maximum Gasteiger partial charge on any atom is 0.334 e. The molecule has 0 unspecified atom stereocenters. The first-order chi connectivity index (χ1) is 13.9. The molecule has 0 N–H and O–H groups in total. The average molecular weight is 477 g/mol. The fourth-order valence-electron chi connectivity index (χ4n) is 2.18. The van der Waals surface area contributed by atoms with Gasteiger partial charge in [-0.3, -0.25) is 0 Å². The zero-order chi connectivity index (χ0) is 21.6. The zero-order valence-corrected chi connectivity index (χ0v) is 20.8. The minimum Gasteiger partial charge on any atom is -0.309 e. The van der Waals surface area contributed by atoms with Gasteiger partial charge < -0.3 is 18.1 Å². The van der Waals surface area contributed by atoms with Crippen LogP contribution in [-0.4, -0.2) is 26.4 Å². The summed E-state index contributed by atoms with van der Waals surface area (Å²) in [5.74, 6) is 0. The van der Waals surface area contributed by atoms with E-state index >= 15 is 0 Å². The molecule has 0 fully saturated rings. The summed E-state index contributed by atoms with van der Waals surface area (Å²) in [6, 6.07) is 20.8. The van der Waals surface area contributed by atoms with Crippen molar-refractivity contribution in [3.05, 3.63) is 60.7 Å². The van der Waals surface area contributed by atoms with Crippen molar-refractivity contribution in [1.29, 1.82) is 0 Å². The van der Waals surface area contributed by atoms with Gasteiger partial charge in [0.25, 0.3) is 0 Å². The third-order valence-corrected chi connectivity index (χ3v) is 9.59. The van der Waals surface area contributed by atoms with E-state index in [1.54, 1.807) is 0 Å². The molecule has 5 nitrogen and oxygen atoms in total. The van der Waals surface area contributed by atoms with E-state index in [-0.39, 0.29) is 0 Å². The van der Waals surface area contributed by atoms with Gasteiger partial charge in [-0.05, 0) is 62.4 Å². The van der Waals surface area contributed by atoms with E-state index in [9.17, 15) is 0 Å². The molecule has 2 rings (SSSR count). The largest absolute Gasteiger partial charge is 0.334 e. The third kappa shape index (κ3) is 10.4. The van der Waals surface area contributed by atoms with Gasteiger partial charge in [-0.2, -0.15) is 0 Å². The molecule has 0 radical (unpaired) electrons. The predicted molar refractivity (Wildman–Crippen MR) is 128 cm³/mol. The van der Waals surface area contributed by atoms with E-state index in [0.717, 1.165) is 0 Å². The molecular weight excluding hydrogens is 446 g/mol. The van der Waals surface area contributed by atoms with Crippen LogP contribution in [0.5, 0.6) is 0 Å². The summed E-state index contributed by atoms with van der Waals surface area (Å²) in [5, 5.41) is 0. The second-order valence-corrected chi connectivity index (χ2v) is 11.5. The standard InChI is InChI=1S/C12H10.C8H20O5P2S2/c1-3-7-11(8-4-1)12-9-5-2-6-10-12;1-5-9-14(16,10-6-2)13-15(17,11-7-3)12-8-4/h1-10H;5-8H2,1-4H3. The van der Waals surface area contributed by atoms with Crippen molar-refractivity contribution in [3.63, 3.8) is 0 Å². The van der Waals surface area contributed by atoms with Gasteiger partial charge >= 0.3 is 13.4 Å². The van der Waals surface area contributed by atoms with Gasteiger partial charge in [-0.1, -0.05) is 60.7 Å². The van der Waals surface area contributed by atoms with E-state index in [0.29, 0.717) is 26.4 Å². The maximum atomic E-state index is 5.55. The lowest BCUT2D eigenvalue weighted by atomic mass is 10.1. The summed E-state index contributed by atoms with van der Waals surface area (Å²) in [6.07, 6.45) is 0. The summed E-state index contributed by atoms with van der Waals surface area (Å²) in [6.45, 7) is 3.09. The lowest BCUT2D eigenvalue weighted by Gasteiger charge is -2.27. The molecule has 0 aromatic heterocycles. The first-order valence-corrected chi connectivity index (χ1v) is 14.6. The molecule has 0 atom stereocenters. The van der Waals surface area contributed by atoms with Crippen molar-refractivity contribution in [2.24, 2.45) is 0 Å². The topological polar surface area (TPSA) is 46.2 Å². The summed E-state index contributed by atoms with van der Waals surface area (Å²) < 4.78 is 26.9. The average Bonchev–Trinajstić information content (AvgIpc) is 2.70. The number of rotatable bonds is 11. The van der Waals surface area contributed by atoms with Crippen LogP contribution in [0.15, 0.2) is 60.7 Å². The fourth-order valence-corrected chi connectivity index (χ4v) is 8.56. The summed E-state index contributed by atoms with van der Waals surface area (Å²) in [4.78, 5) is 0. The molecule has 0 spiro atoms. The SMILES string of the molecule is CCOP(=S)(OCC)OP(=S)(OCC)OCC.c1ccc(-c2ccccc2)cc1. The van der Waals surface area contributed by atoms with Gasteiger partial charge in [0.05, 0.1) is 26.4 Å². The van der Waals surface area contributed by atoms with Crippen molar-refractivity contribution in [2.45, 2.75) is 27.7 Å². The van der Waals surface area contributed by atoms with E-state index in [2.05, 4.69) is 48.5 Å². The Balaban J connectivity index is 0.000000304. The Morgan fingerprint density at radius 1 is 0.552 bits per heavy atom. The molecule has 29 heavy (non-hydrogen) atoms. The lowest BCUT2D eigenvalue weighted by molar-refractivity contribution is 0.176. The van der Waals surface area contributed by atoms with E-state index in [1.165, 1.54) is 11.1 Å². The molecule has 0 amide bonds. The van der Waals surface area contributed by atoms with Crippen molar-refractivity contribution in [3.8, 4) is 11.1 Å². The Kier molecular flexibility index (Phi) is 13.3. The Hall–Kier alpha value is -0.460. The normalized spacial score (nSPS) is 11.6. The van der Waals surface area contributed by atoms with Crippen LogP contribution in [0.1, 0.15) is 27.7 Å². The fraction of sp³-hybridized carbons (Fsp3) is 0.400. The monoisotopic (exact) mass is 476 g/mol. The van der Waals surface area contributed by atoms with Crippen LogP contribution in [0, 0.1) is 0 Å². The molecule has 9 heteroatoms. The first kappa shape index (κ1) is 26.6. The molecule has 0 aliphatic heterocycles. The summed E-state index contributed by atoms with van der Waals surface area (Å²) in [7, 11) is 0. The van der Waals surface area contributed by atoms with Gasteiger partial charge in [-0.15, -0.1) is 0 Å². The van der Waals surface area contributed by atoms with Gasteiger partial charge in [0.15, 0.2) is 0 Å². The van der Waals surface area contributed by atoms with E-state index < -0.39 is 13.4 Å². The number of hydrogen-bond donors (Lipinski definition) is 0. The van der Waals surface area contributed by atoms with Crippen LogP contribution in [0.25, 0.3) is 11.1 Å². The highest BCUT2D eigenvalue weighted by Gasteiger charge is 2.31. The molecule has 2 aromatic rings. The third-order valence-electron chi connectivity index (χ3n) is 3.23. The van der Waals surface area contributed by atoms with Crippen molar-refractivity contribution in [1.82, 2.24) is 0 Å². The summed E-state index contributed by atoms with van der Waals surface area (Å²) >= 11 is 10.4. The van der Waals surface area contributed by atoms with Crippen LogP contribution in [0.4, 0.5) is 0 Å². The van der Waals surface area contributed by atoms with Gasteiger partial charge in [-0.25, -0.2) is 4.31 Å². The second-order valence-electron chi connectivity index (χ2n) is 5.38. The Morgan fingerprint density at radius 2 is 0.828 bits per heavy atom. The molecular formula is C20H30O5P2S2. The molecule has 0 aliphatic carbocycles. The van der Waals surface area contributed by atoms with Crippen LogP contribution in [-0.2, 0) is 46.0 Å². The van der Waals surface area contributed by atoms with Gasteiger partial charge in [0, 0.05) is 0 Å². The minimum atomic E-state index is -2.87. The van der Waals surface area contributed by atoms with Gasteiger partial charge in [0.1, 0.15) is 0 Å². The Labute approximate surface area is 185 Å². The quantitative estimate of drug-likeness (QED) is 0.325. The van der Waals surface area contributed by atoms with Gasteiger partial charge in [0.2, 0.25) is 0 Å². The molecule has 0 saturated heterocycles. The van der Waals surface area contributed by atoms with Crippen molar-refractivity contribution < 1.29 is 22.4 Å². The molecule has 0 heterocycles. The van der Waals surface area contributed by atoms with Crippen LogP contribution < -0.4 is 0 Å². The van der Waals surface area contributed by atoms with Crippen molar-refractivity contribution in [2.75, 3.05) is 26.4 Å². The smallest absolute Gasteiger partial charge is 0.309 e. The summed E-state index contributed by atoms with van der Waals surface area (Å²) in [5.41, 5.74) is 2.55. The molecule has 0 bridgehead atoms. The lowest BCUT2D eigenvalue weighted by Crippen LogP contribution is -2.03. The maximum absolute atomic E-state index is 5.55. The van der Waals surface area contributed by atoms with E-state index in [4.69, 9.17) is 46.0 Å². The van der Waals surface area contributed by atoms with Crippen LogP contribution >= 0.6 is 13.4 Å². The highest BCUT2D eigenvalue weighted by atomic mass is 32.5. The van der Waals surface area contributed by atoms with Crippen LogP contribution in [0.3, 0.4) is 0 Å². The zero-order valence-electron chi connectivity index (χ0n) is 17.4. The number of benzene rings is 2. The van der Waals surface area contributed by atoms with Crippen molar-refractivity contribution >= 4 is 37.1 Å². The highest BCUT2D eigenvalue weighted by Crippen LogP contribution is 2.66.